The third-order valence-electron chi connectivity index (χ3n) is 2.75. The molecule has 1 amide bonds. The second-order valence-corrected chi connectivity index (χ2v) is 6.52. The highest BCUT2D eigenvalue weighted by molar-refractivity contribution is 8.00. The molecule has 8 heteroatoms. The summed E-state index contributed by atoms with van der Waals surface area (Å²) in [7, 11) is 0. The van der Waals surface area contributed by atoms with Crippen molar-refractivity contribution in [2.45, 2.75) is 37.1 Å². The standard InChI is InChI=1S/C10H14F5NOS/c1-8(2)3-4-16(5-6-18-8)7(17)9(11,12)10(13,14)15/h3-6H2,1-2H3. The van der Waals surface area contributed by atoms with E-state index in [0.717, 1.165) is 0 Å². The van der Waals surface area contributed by atoms with E-state index < -0.39 is 18.0 Å². The van der Waals surface area contributed by atoms with Crippen LogP contribution in [0, 0.1) is 0 Å². The Hall–Kier alpha value is -0.530. The van der Waals surface area contributed by atoms with Crippen LogP contribution < -0.4 is 0 Å². The molecule has 18 heavy (non-hydrogen) atoms. The average Bonchev–Trinajstić information content (AvgIpc) is 2.36. The number of amides is 1. The predicted octanol–water partition coefficient (Wildman–Crippen LogP) is 2.93. The van der Waals surface area contributed by atoms with E-state index in [2.05, 4.69) is 0 Å². The maximum Gasteiger partial charge on any atom is 0.463 e. The first kappa shape index (κ1) is 15.5. The fourth-order valence-corrected chi connectivity index (χ4v) is 2.64. The van der Waals surface area contributed by atoms with Crippen LogP contribution in [-0.4, -0.2) is 46.5 Å². The lowest BCUT2D eigenvalue weighted by atomic mass is 10.1. The zero-order valence-corrected chi connectivity index (χ0v) is 10.8. The van der Waals surface area contributed by atoms with Gasteiger partial charge in [-0.15, -0.1) is 0 Å². The lowest BCUT2D eigenvalue weighted by Crippen LogP contribution is -2.52. The van der Waals surface area contributed by atoms with E-state index in [0.29, 0.717) is 17.1 Å². The van der Waals surface area contributed by atoms with Crippen molar-refractivity contribution >= 4 is 17.7 Å². The van der Waals surface area contributed by atoms with Gasteiger partial charge in [-0.3, -0.25) is 4.79 Å². The molecule has 0 aromatic rings. The fourth-order valence-electron chi connectivity index (χ4n) is 1.54. The minimum absolute atomic E-state index is 0.0789. The summed E-state index contributed by atoms with van der Waals surface area (Å²) in [5.74, 6) is -7.09. The first-order valence-corrected chi connectivity index (χ1v) is 6.34. The smallest absolute Gasteiger partial charge is 0.336 e. The highest BCUT2D eigenvalue weighted by Crippen LogP contribution is 2.38. The Balaban J connectivity index is 2.79. The zero-order valence-electron chi connectivity index (χ0n) is 9.98. The Morgan fingerprint density at radius 1 is 1.17 bits per heavy atom. The number of halogens is 5. The van der Waals surface area contributed by atoms with Crippen LogP contribution in [0.4, 0.5) is 22.0 Å². The number of nitrogens with zero attached hydrogens (tertiary/aromatic N) is 1. The van der Waals surface area contributed by atoms with Gasteiger partial charge in [-0.2, -0.15) is 33.7 Å². The summed E-state index contributed by atoms with van der Waals surface area (Å²) >= 11 is 1.46. The van der Waals surface area contributed by atoms with E-state index in [1.165, 1.54) is 11.8 Å². The maximum absolute atomic E-state index is 12.9. The van der Waals surface area contributed by atoms with Gasteiger partial charge in [0.15, 0.2) is 0 Å². The zero-order chi connectivity index (χ0) is 14.2. The molecule has 0 unspecified atom stereocenters. The molecule has 0 atom stereocenters. The molecular weight excluding hydrogens is 277 g/mol. The van der Waals surface area contributed by atoms with Crippen LogP contribution >= 0.6 is 11.8 Å². The van der Waals surface area contributed by atoms with Crippen LogP contribution in [0.2, 0.25) is 0 Å². The van der Waals surface area contributed by atoms with Crippen LogP contribution in [0.1, 0.15) is 20.3 Å². The first-order valence-electron chi connectivity index (χ1n) is 5.35. The lowest BCUT2D eigenvalue weighted by Gasteiger charge is -2.27. The second kappa shape index (κ2) is 4.86. The maximum atomic E-state index is 12.9. The van der Waals surface area contributed by atoms with Crippen molar-refractivity contribution in [3.63, 3.8) is 0 Å². The Labute approximate surface area is 106 Å². The molecule has 2 nitrogen and oxygen atoms in total. The van der Waals surface area contributed by atoms with Crippen LogP contribution in [0.25, 0.3) is 0 Å². The summed E-state index contributed by atoms with van der Waals surface area (Å²) in [6.45, 7) is 3.57. The van der Waals surface area contributed by atoms with Crippen molar-refractivity contribution in [2.75, 3.05) is 18.8 Å². The molecule has 1 rings (SSSR count). The number of rotatable bonds is 1. The average molecular weight is 291 g/mol. The molecule has 0 aliphatic carbocycles. The van der Waals surface area contributed by atoms with Gasteiger partial charge in [0.05, 0.1) is 0 Å². The van der Waals surface area contributed by atoms with Crippen molar-refractivity contribution in [3.8, 4) is 0 Å². The topological polar surface area (TPSA) is 20.3 Å². The van der Waals surface area contributed by atoms with Gasteiger partial charge in [-0.25, -0.2) is 0 Å². The van der Waals surface area contributed by atoms with Gasteiger partial charge in [0.2, 0.25) is 0 Å². The van der Waals surface area contributed by atoms with Gasteiger partial charge in [0, 0.05) is 23.6 Å². The highest BCUT2D eigenvalue weighted by atomic mass is 32.2. The van der Waals surface area contributed by atoms with Crippen molar-refractivity contribution < 1.29 is 26.7 Å². The van der Waals surface area contributed by atoms with E-state index in [9.17, 15) is 26.7 Å². The lowest BCUT2D eigenvalue weighted by molar-refractivity contribution is -0.274. The predicted molar refractivity (Wildman–Crippen MR) is 58.7 cm³/mol. The van der Waals surface area contributed by atoms with E-state index >= 15 is 0 Å². The van der Waals surface area contributed by atoms with Crippen molar-refractivity contribution in [1.29, 1.82) is 0 Å². The van der Waals surface area contributed by atoms with Gasteiger partial charge in [-0.1, -0.05) is 13.8 Å². The van der Waals surface area contributed by atoms with Crippen molar-refractivity contribution in [1.82, 2.24) is 4.90 Å². The highest BCUT2D eigenvalue weighted by Gasteiger charge is 2.64. The number of alkyl halides is 5. The summed E-state index contributed by atoms with van der Waals surface area (Å²) in [5.41, 5.74) is 0. The fraction of sp³-hybridized carbons (Fsp3) is 0.900. The number of thioether (sulfide) groups is 1. The van der Waals surface area contributed by atoms with Crippen LogP contribution in [0.3, 0.4) is 0 Å². The Morgan fingerprint density at radius 3 is 2.22 bits per heavy atom. The largest absolute Gasteiger partial charge is 0.463 e. The molecule has 0 aromatic carbocycles. The molecule has 1 aliphatic rings. The number of carbonyl (C=O) groups excluding carboxylic acids is 1. The first-order chi connectivity index (χ1) is 7.97. The third-order valence-corrected chi connectivity index (χ3v) is 4.12. The van der Waals surface area contributed by atoms with Crippen LogP contribution in [0.5, 0.6) is 0 Å². The molecule has 0 N–H and O–H groups in total. The molecule has 0 bridgehead atoms. The van der Waals surface area contributed by atoms with E-state index in [1.807, 2.05) is 13.8 Å². The Kier molecular flexibility index (Phi) is 4.19. The third kappa shape index (κ3) is 3.27. The van der Waals surface area contributed by atoms with Gasteiger partial charge in [0.25, 0.3) is 0 Å². The minimum atomic E-state index is -5.83. The number of hydrogen-bond donors (Lipinski definition) is 0. The minimum Gasteiger partial charge on any atom is -0.336 e. The molecular formula is C10H14F5NOS. The Bertz CT molecular complexity index is 329. The molecule has 0 radical (unpaired) electrons. The van der Waals surface area contributed by atoms with Crippen molar-refractivity contribution in [2.24, 2.45) is 0 Å². The number of hydrogen-bond acceptors (Lipinski definition) is 2. The molecule has 106 valence electrons. The van der Waals surface area contributed by atoms with E-state index in [4.69, 9.17) is 0 Å². The monoisotopic (exact) mass is 291 g/mol. The van der Waals surface area contributed by atoms with Crippen molar-refractivity contribution in [3.05, 3.63) is 0 Å². The molecule has 0 aromatic heterocycles. The molecule has 0 spiro atoms. The SMILES string of the molecule is CC1(C)CCN(C(=O)C(F)(F)C(F)(F)F)CCS1. The van der Waals surface area contributed by atoms with E-state index in [-0.39, 0.29) is 17.8 Å². The Morgan fingerprint density at radius 2 is 1.72 bits per heavy atom. The molecule has 1 heterocycles. The normalized spacial score (nSPS) is 21.6. The van der Waals surface area contributed by atoms with Gasteiger partial charge < -0.3 is 4.90 Å². The second-order valence-electron chi connectivity index (χ2n) is 4.72. The van der Waals surface area contributed by atoms with Crippen LogP contribution in [0.15, 0.2) is 0 Å². The summed E-state index contributed by atoms with van der Waals surface area (Å²) in [5, 5.41) is 0. The van der Waals surface area contributed by atoms with Crippen LogP contribution in [-0.2, 0) is 4.79 Å². The van der Waals surface area contributed by atoms with E-state index in [1.54, 1.807) is 0 Å². The quantitative estimate of drug-likeness (QED) is 0.692. The summed E-state index contributed by atoms with van der Waals surface area (Å²) in [6, 6.07) is 0. The summed E-state index contributed by atoms with van der Waals surface area (Å²) in [4.78, 5) is 11.9. The molecule has 0 saturated carbocycles. The van der Waals surface area contributed by atoms with Gasteiger partial charge in [0.1, 0.15) is 0 Å². The molecule has 1 aliphatic heterocycles. The van der Waals surface area contributed by atoms with Gasteiger partial charge in [-0.05, 0) is 6.42 Å². The number of carbonyl (C=O) groups is 1. The molecule has 1 fully saturated rings. The van der Waals surface area contributed by atoms with Gasteiger partial charge >= 0.3 is 18.0 Å². The summed E-state index contributed by atoms with van der Waals surface area (Å²) in [6.07, 6.45) is -5.45. The molecule has 1 saturated heterocycles. The summed E-state index contributed by atoms with van der Waals surface area (Å²) < 4.78 is 61.9.